The number of fused-ring (bicyclic) bond motifs is 1. The molecule has 1 N–H and O–H groups in total. The molecule has 3 heteroatoms. The molecule has 1 heterocycles. The zero-order chi connectivity index (χ0) is 11.0. The van der Waals surface area contributed by atoms with Crippen molar-refractivity contribution >= 4 is 38.6 Å². The number of rotatable bonds is 2. The Hall–Kier alpha value is -0.410. The first-order valence-electron chi connectivity index (χ1n) is 5.02. The number of thioether (sulfide) groups is 1. The van der Waals surface area contributed by atoms with Crippen molar-refractivity contribution in [1.82, 2.24) is 4.98 Å². The van der Waals surface area contributed by atoms with Gasteiger partial charge in [-0.05, 0) is 41.1 Å². The van der Waals surface area contributed by atoms with Gasteiger partial charge in [-0.2, -0.15) is 0 Å². The van der Waals surface area contributed by atoms with Crippen LogP contribution in [0, 0.1) is 6.92 Å². The van der Waals surface area contributed by atoms with E-state index in [0.717, 1.165) is 0 Å². The minimum absolute atomic E-state index is 0.626. The molecule has 1 aromatic heterocycles. The third-order valence-corrected chi connectivity index (χ3v) is 4.27. The number of hydrogen-bond donors (Lipinski definition) is 1. The Balaban J connectivity index is 2.49. The number of hydrogen-bond acceptors (Lipinski definition) is 1. The fourth-order valence-electron chi connectivity index (χ4n) is 1.62. The van der Waals surface area contributed by atoms with Gasteiger partial charge < -0.3 is 4.98 Å². The van der Waals surface area contributed by atoms with Crippen molar-refractivity contribution in [2.45, 2.75) is 30.9 Å². The fraction of sp³-hybridized carbons (Fsp3) is 0.333. The molecule has 0 bridgehead atoms. The molecule has 0 fully saturated rings. The van der Waals surface area contributed by atoms with Gasteiger partial charge in [0.1, 0.15) is 0 Å². The number of halogens is 1. The summed E-state index contributed by atoms with van der Waals surface area (Å²) < 4.78 is 1.18. The summed E-state index contributed by atoms with van der Waals surface area (Å²) in [7, 11) is 0. The summed E-state index contributed by atoms with van der Waals surface area (Å²) in [6, 6.07) is 6.57. The van der Waals surface area contributed by atoms with Gasteiger partial charge in [0.05, 0.1) is 0 Å². The number of aromatic nitrogens is 1. The summed E-state index contributed by atoms with van der Waals surface area (Å²) in [5, 5.41) is 1.90. The van der Waals surface area contributed by atoms with E-state index in [2.05, 4.69) is 59.9 Å². The van der Waals surface area contributed by atoms with Crippen LogP contribution in [0.5, 0.6) is 0 Å². The predicted octanol–water partition coefficient (Wildman–Crippen LogP) is 4.74. The SMILES string of the molecule is Cc1[nH]c2ccc(SC(C)C)cc2c1Br. The van der Waals surface area contributed by atoms with Crippen molar-refractivity contribution in [2.24, 2.45) is 0 Å². The molecule has 0 saturated heterocycles. The smallest absolute Gasteiger partial charge is 0.0468 e. The van der Waals surface area contributed by atoms with Gasteiger partial charge in [0.15, 0.2) is 0 Å². The third-order valence-electron chi connectivity index (χ3n) is 2.25. The van der Waals surface area contributed by atoms with E-state index in [9.17, 15) is 0 Å². The molecule has 0 aliphatic carbocycles. The molecular weight excluding hydrogens is 270 g/mol. The predicted molar refractivity (Wildman–Crippen MR) is 71.7 cm³/mol. The highest BCUT2D eigenvalue weighted by Crippen LogP contribution is 2.32. The second-order valence-electron chi connectivity index (χ2n) is 3.94. The van der Waals surface area contributed by atoms with Crippen LogP contribution in [-0.2, 0) is 0 Å². The van der Waals surface area contributed by atoms with Crippen LogP contribution in [0.4, 0.5) is 0 Å². The summed E-state index contributed by atoms with van der Waals surface area (Å²) in [4.78, 5) is 4.68. The van der Waals surface area contributed by atoms with E-state index in [1.807, 2.05) is 11.8 Å². The molecule has 1 aromatic carbocycles. The van der Waals surface area contributed by atoms with Crippen LogP contribution in [0.1, 0.15) is 19.5 Å². The molecule has 0 radical (unpaired) electrons. The molecule has 0 spiro atoms. The van der Waals surface area contributed by atoms with Crippen molar-refractivity contribution < 1.29 is 0 Å². The van der Waals surface area contributed by atoms with E-state index >= 15 is 0 Å². The highest BCUT2D eigenvalue weighted by Gasteiger charge is 2.07. The molecule has 1 nitrogen and oxygen atoms in total. The monoisotopic (exact) mass is 283 g/mol. The van der Waals surface area contributed by atoms with Gasteiger partial charge in [-0.25, -0.2) is 0 Å². The van der Waals surface area contributed by atoms with Crippen molar-refractivity contribution in [3.63, 3.8) is 0 Å². The van der Waals surface area contributed by atoms with Crippen LogP contribution in [0.15, 0.2) is 27.6 Å². The molecule has 0 atom stereocenters. The maximum absolute atomic E-state index is 3.61. The molecule has 0 aliphatic heterocycles. The average Bonchev–Trinajstić information content (AvgIpc) is 2.43. The summed E-state index contributed by atoms with van der Waals surface area (Å²) >= 11 is 5.51. The maximum Gasteiger partial charge on any atom is 0.0468 e. The van der Waals surface area contributed by atoms with E-state index in [1.165, 1.54) is 26.0 Å². The first-order valence-corrected chi connectivity index (χ1v) is 6.69. The van der Waals surface area contributed by atoms with Crippen molar-refractivity contribution in [2.75, 3.05) is 0 Å². The van der Waals surface area contributed by atoms with Crippen LogP contribution in [0.3, 0.4) is 0 Å². The van der Waals surface area contributed by atoms with E-state index in [-0.39, 0.29) is 0 Å². The molecule has 2 aromatic rings. The Labute approximate surface area is 103 Å². The summed E-state index contributed by atoms with van der Waals surface area (Å²) in [5.74, 6) is 0. The number of nitrogens with one attached hydrogen (secondary N) is 1. The Kier molecular flexibility index (Phi) is 3.12. The van der Waals surface area contributed by atoms with E-state index in [0.29, 0.717) is 5.25 Å². The quantitative estimate of drug-likeness (QED) is 0.788. The first-order chi connectivity index (χ1) is 7.08. The van der Waals surface area contributed by atoms with Gasteiger partial charge in [0.25, 0.3) is 0 Å². The van der Waals surface area contributed by atoms with Gasteiger partial charge in [-0.3, -0.25) is 0 Å². The number of benzene rings is 1. The summed E-state index contributed by atoms with van der Waals surface area (Å²) in [5.41, 5.74) is 2.39. The Morgan fingerprint density at radius 2 is 2.07 bits per heavy atom. The highest BCUT2D eigenvalue weighted by atomic mass is 79.9. The maximum atomic E-state index is 3.61. The summed E-state index contributed by atoms with van der Waals surface area (Å²) in [6.45, 7) is 6.51. The number of aromatic amines is 1. The lowest BCUT2D eigenvalue weighted by Gasteiger charge is -2.04. The van der Waals surface area contributed by atoms with Crippen LogP contribution in [0.25, 0.3) is 10.9 Å². The van der Waals surface area contributed by atoms with Crippen molar-refractivity contribution in [3.8, 4) is 0 Å². The van der Waals surface area contributed by atoms with E-state index in [4.69, 9.17) is 0 Å². The van der Waals surface area contributed by atoms with Gasteiger partial charge in [0, 0.05) is 31.2 Å². The number of aryl methyl sites for hydroxylation is 1. The van der Waals surface area contributed by atoms with Gasteiger partial charge >= 0.3 is 0 Å². The van der Waals surface area contributed by atoms with E-state index in [1.54, 1.807) is 0 Å². The van der Waals surface area contributed by atoms with Crippen molar-refractivity contribution in [1.29, 1.82) is 0 Å². The van der Waals surface area contributed by atoms with Crippen molar-refractivity contribution in [3.05, 3.63) is 28.4 Å². The average molecular weight is 284 g/mol. The first kappa shape index (κ1) is 11.1. The molecule has 80 valence electrons. The van der Waals surface area contributed by atoms with Crippen LogP contribution < -0.4 is 0 Å². The molecular formula is C12H14BrNS. The zero-order valence-corrected chi connectivity index (χ0v) is 11.5. The van der Waals surface area contributed by atoms with Gasteiger partial charge in [-0.15, -0.1) is 11.8 Å². The van der Waals surface area contributed by atoms with Gasteiger partial charge in [-0.1, -0.05) is 13.8 Å². The zero-order valence-electron chi connectivity index (χ0n) is 9.10. The fourth-order valence-corrected chi connectivity index (χ4v) is 2.92. The van der Waals surface area contributed by atoms with Crippen LogP contribution in [0.2, 0.25) is 0 Å². The molecule has 15 heavy (non-hydrogen) atoms. The lowest BCUT2D eigenvalue weighted by molar-refractivity contribution is 1.11. The lowest BCUT2D eigenvalue weighted by atomic mass is 10.2. The molecule has 0 unspecified atom stereocenters. The highest BCUT2D eigenvalue weighted by molar-refractivity contribution is 9.10. The molecule has 0 saturated carbocycles. The Morgan fingerprint density at radius 3 is 2.73 bits per heavy atom. The lowest BCUT2D eigenvalue weighted by Crippen LogP contribution is -1.85. The molecule has 0 aliphatic rings. The Morgan fingerprint density at radius 1 is 1.33 bits per heavy atom. The minimum atomic E-state index is 0.626. The topological polar surface area (TPSA) is 15.8 Å². The molecule has 2 rings (SSSR count). The molecule has 0 amide bonds. The second-order valence-corrected chi connectivity index (χ2v) is 6.38. The Bertz CT molecular complexity index is 488. The van der Waals surface area contributed by atoms with Gasteiger partial charge in [0.2, 0.25) is 0 Å². The number of H-pyrrole nitrogens is 1. The third kappa shape index (κ3) is 2.23. The standard InChI is InChI=1S/C12H14BrNS/c1-7(2)15-9-4-5-11-10(6-9)12(13)8(3)14-11/h4-7,14H,1-3H3. The second kappa shape index (κ2) is 4.22. The minimum Gasteiger partial charge on any atom is -0.358 e. The van der Waals surface area contributed by atoms with Crippen LogP contribution >= 0.6 is 27.7 Å². The summed E-state index contributed by atoms with van der Waals surface area (Å²) in [6.07, 6.45) is 0. The largest absolute Gasteiger partial charge is 0.358 e. The normalized spacial score (nSPS) is 11.5. The van der Waals surface area contributed by atoms with E-state index < -0.39 is 0 Å². The van der Waals surface area contributed by atoms with Crippen LogP contribution in [-0.4, -0.2) is 10.2 Å².